The largest absolute Gasteiger partial charge is 0.345 e. The van der Waals surface area contributed by atoms with Crippen molar-refractivity contribution >= 4 is 43.2 Å². The van der Waals surface area contributed by atoms with Crippen LogP contribution in [0.2, 0.25) is 5.02 Å². The lowest BCUT2D eigenvalue weighted by molar-refractivity contribution is 0.0828. The maximum atomic E-state index is 12.8. The molecular weight excluding hydrogens is 450 g/mol. The molecule has 0 bridgehead atoms. The fourth-order valence-electron chi connectivity index (χ4n) is 2.74. The summed E-state index contributed by atoms with van der Waals surface area (Å²) in [4.78, 5) is 13.5. The van der Waals surface area contributed by atoms with Crippen molar-refractivity contribution in [3.8, 4) is 0 Å². The van der Waals surface area contributed by atoms with E-state index < -0.39 is 26.0 Å². The van der Waals surface area contributed by atoms with Crippen LogP contribution in [0.25, 0.3) is 0 Å². The molecule has 1 amide bonds. The van der Waals surface area contributed by atoms with E-state index in [1.54, 1.807) is 27.9 Å². The van der Waals surface area contributed by atoms with Gasteiger partial charge in [0.05, 0.1) is 21.0 Å². The van der Waals surface area contributed by atoms with Crippen LogP contribution in [-0.4, -0.2) is 59.1 Å². The Kier molecular flexibility index (Phi) is 7.51. The van der Waals surface area contributed by atoms with E-state index in [1.807, 2.05) is 0 Å². The smallest absolute Gasteiger partial charge is 0.261 e. The monoisotopic (exact) mass is 473 g/mol. The van der Waals surface area contributed by atoms with E-state index in [1.165, 1.54) is 51.7 Å². The average Bonchev–Trinajstić information content (AvgIpc) is 2.68. The van der Waals surface area contributed by atoms with Crippen molar-refractivity contribution in [1.82, 2.24) is 9.21 Å². The van der Waals surface area contributed by atoms with E-state index in [4.69, 9.17) is 11.6 Å². The normalized spacial score (nSPS) is 12.1. The van der Waals surface area contributed by atoms with Crippen LogP contribution in [0.4, 0.5) is 5.69 Å². The predicted molar refractivity (Wildman–Crippen MR) is 117 cm³/mol. The molecule has 0 fully saturated rings. The van der Waals surface area contributed by atoms with Gasteiger partial charge in [-0.3, -0.25) is 9.52 Å². The lowest BCUT2D eigenvalue weighted by atomic mass is 10.1. The molecule has 1 N–H and O–H groups in total. The fourth-order valence-corrected chi connectivity index (χ4v) is 5.44. The van der Waals surface area contributed by atoms with Crippen LogP contribution in [0.15, 0.2) is 52.3 Å². The number of carbonyl (C=O) groups is 1. The quantitative estimate of drug-likeness (QED) is 0.634. The second-order valence-corrected chi connectivity index (χ2v) is 10.6. The maximum absolute atomic E-state index is 12.8. The van der Waals surface area contributed by atoms with Gasteiger partial charge in [0.1, 0.15) is 0 Å². The molecule has 2 aromatic rings. The minimum atomic E-state index is -4.09. The van der Waals surface area contributed by atoms with Crippen LogP contribution < -0.4 is 4.72 Å². The van der Waals surface area contributed by atoms with Crippen LogP contribution in [0.5, 0.6) is 0 Å². The van der Waals surface area contributed by atoms with Crippen LogP contribution in [0, 0.1) is 0 Å². The topological polar surface area (TPSA) is 104 Å². The first-order valence-electron chi connectivity index (χ1n) is 9.08. The highest BCUT2D eigenvalue weighted by Gasteiger charge is 2.24. The number of rotatable bonds is 8. The van der Waals surface area contributed by atoms with Gasteiger partial charge in [-0.2, -0.15) is 4.31 Å². The Bertz CT molecular complexity index is 1130. The highest BCUT2D eigenvalue weighted by atomic mass is 35.5. The molecule has 0 aromatic heterocycles. The Morgan fingerprint density at radius 1 is 0.933 bits per heavy atom. The number of sulfonamides is 2. The number of anilines is 1. The van der Waals surface area contributed by atoms with Crippen molar-refractivity contribution < 1.29 is 21.6 Å². The molecule has 0 unspecified atom stereocenters. The number of hydrogen-bond donors (Lipinski definition) is 1. The predicted octanol–water partition coefficient (Wildman–Crippen LogP) is 2.87. The molecule has 0 saturated heterocycles. The molecule has 0 spiro atoms. The molecule has 0 atom stereocenters. The second kappa shape index (κ2) is 9.34. The van der Waals surface area contributed by atoms with Crippen LogP contribution in [0.1, 0.15) is 24.2 Å². The Balaban J connectivity index is 2.40. The van der Waals surface area contributed by atoms with Crippen LogP contribution in [0.3, 0.4) is 0 Å². The average molecular weight is 474 g/mol. The van der Waals surface area contributed by atoms with Crippen molar-refractivity contribution in [1.29, 1.82) is 0 Å². The summed E-state index contributed by atoms with van der Waals surface area (Å²) in [5, 5.41) is 0.253. The summed E-state index contributed by atoms with van der Waals surface area (Å²) in [5.74, 6) is -0.398. The van der Waals surface area contributed by atoms with Crippen molar-refractivity contribution in [2.45, 2.75) is 23.6 Å². The van der Waals surface area contributed by atoms with E-state index in [2.05, 4.69) is 4.72 Å². The summed E-state index contributed by atoms with van der Waals surface area (Å²) in [6.07, 6.45) is 0. The molecule has 30 heavy (non-hydrogen) atoms. The first kappa shape index (κ1) is 24.1. The molecule has 0 saturated carbocycles. The third-order valence-electron chi connectivity index (χ3n) is 4.34. The van der Waals surface area contributed by atoms with Gasteiger partial charge in [0.15, 0.2) is 0 Å². The minimum absolute atomic E-state index is 0.00335. The van der Waals surface area contributed by atoms with Crippen LogP contribution in [-0.2, 0) is 20.0 Å². The third-order valence-corrected chi connectivity index (χ3v) is 8.02. The van der Waals surface area contributed by atoms with Gasteiger partial charge in [0.2, 0.25) is 10.0 Å². The molecule has 2 rings (SSSR count). The molecule has 0 radical (unpaired) electrons. The standard InChI is InChI=1S/C19H24ClN3O5S2/c1-5-23(6-2)30(27,28)16-10-8-15(9-11-16)29(25,26)21-18-13-14(20)7-12-17(18)19(24)22(3)4/h7-13,21H,5-6H2,1-4H3. The van der Waals surface area contributed by atoms with Crippen molar-refractivity contribution in [3.63, 3.8) is 0 Å². The SMILES string of the molecule is CCN(CC)S(=O)(=O)c1ccc(S(=O)(=O)Nc2cc(Cl)ccc2C(=O)N(C)C)cc1. The lowest BCUT2D eigenvalue weighted by Crippen LogP contribution is -2.30. The molecule has 11 heteroatoms. The van der Waals surface area contributed by atoms with Gasteiger partial charge >= 0.3 is 0 Å². The number of hydrogen-bond acceptors (Lipinski definition) is 5. The number of halogens is 1. The van der Waals surface area contributed by atoms with Gasteiger partial charge in [-0.1, -0.05) is 25.4 Å². The Hall–Kier alpha value is -2.14. The van der Waals surface area contributed by atoms with E-state index in [0.717, 1.165) is 0 Å². The summed E-state index contributed by atoms with van der Waals surface area (Å²) in [7, 11) is -4.71. The minimum Gasteiger partial charge on any atom is -0.345 e. The third kappa shape index (κ3) is 5.12. The van der Waals surface area contributed by atoms with Crippen molar-refractivity contribution in [2.24, 2.45) is 0 Å². The fraction of sp³-hybridized carbons (Fsp3) is 0.316. The molecule has 0 aliphatic carbocycles. The van der Waals surface area contributed by atoms with Gasteiger partial charge in [-0.25, -0.2) is 16.8 Å². The summed E-state index contributed by atoms with van der Waals surface area (Å²) < 4.78 is 54.4. The van der Waals surface area contributed by atoms with Crippen molar-refractivity contribution in [2.75, 3.05) is 31.9 Å². The van der Waals surface area contributed by atoms with Crippen LogP contribution >= 0.6 is 11.6 Å². The zero-order valence-electron chi connectivity index (χ0n) is 17.1. The Labute approximate surface area is 182 Å². The summed E-state index contributed by atoms with van der Waals surface area (Å²) >= 11 is 5.97. The van der Waals surface area contributed by atoms with Crippen molar-refractivity contribution in [3.05, 3.63) is 53.1 Å². The zero-order valence-corrected chi connectivity index (χ0v) is 19.5. The van der Waals surface area contributed by atoms with E-state index in [9.17, 15) is 21.6 Å². The lowest BCUT2D eigenvalue weighted by Gasteiger charge is -2.19. The highest BCUT2D eigenvalue weighted by molar-refractivity contribution is 7.92. The Morgan fingerprint density at radius 3 is 1.97 bits per heavy atom. The van der Waals surface area contributed by atoms with E-state index in [-0.39, 0.29) is 26.1 Å². The molecule has 2 aromatic carbocycles. The first-order valence-corrected chi connectivity index (χ1v) is 12.4. The first-order chi connectivity index (χ1) is 13.9. The molecular formula is C19H24ClN3O5S2. The zero-order chi connectivity index (χ0) is 22.7. The Morgan fingerprint density at radius 2 is 1.47 bits per heavy atom. The van der Waals surface area contributed by atoms with E-state index >= 15 is 0 Å². The van der Waals surface area contributed by atoms with Gasteiger partial charge in [-0.05, 0) is 42.5 Å². The number of amides is 1. The summed E-state index contributed by atoms with van der Waals surface area (Å²) in [5.41, 5.74) is 0.162. The molecule has 164 valence electrons. The number of benzene rings is 2. The molecule has 0 heterocycles. The van der Waals surface area contributed by atoms with E-state index in [0.29, 0.717) is 13.1 Å². The number of nitrogens with zero attached hydrogens (tertiary/aromatic N) is 2. The number of carbonyl (C=O) groups excluding carboxylic acids is 1. The molecule has 8 nitrogen and oxygen atoms in total. The molecule has 0 aliphatic heterocycles. The maximum Gasteiger partial charge on any atom is 0.261 e. The summed E-state index contributed by atoms with van der Waals surface area (Å²) in [6.45, 7) is 4.05. The van der Waals surface area contributed by atoms with Gasteiger partial charge in [-0.15, -0.1) is 0 Å². The highest BCUT2D eigenvalue weighted by Crippen LogP contribution is 2.26. The van der Waals surface area contributed by atoms with Gasteiger partial charge in [0.25, 0.3) is 15.9 Å². The second-order valence-electron chi connectivity index (χ2n) is 6.56. The van der Waals surface area contributed by atoms with Gasteiger partial charge in [0, 0.05) is 32.2 Å². The summed E-state index contributed by atoms with van der Waals surface area (Å²) in [6, 6.07) is 9.16. The van der Waals surface area contributed by atoms with Gasteiger partial charge < -0.3 is 4.90 Å². The number of nitrogens with one attached hydrogen (secondary N) is 1. The molecule has 0 aliphatic rings.